The van der Waals surface area contributed by atoms with E-state index in [0.29, 0.717) is 12.1 Å². The normalized spacial score (nSPS) is 20.7. The van der Waals surface area contributed by atoms with Crippen LogP contribution in [0.2, 0.25) is 0 Å². The van der Waals surface area contributed by atoms with Crippen LogP contribution in [0.25, 0.3) is 0 Å². The largest absolute Gasteiger partial charge is 0.378 e. The van der Waals surface area contributed by atoms with Crippen LogP contribution in [0.15, 0.2) is 29.4 Å². The maximum atomic E-state index is 11.9. The molecule has 1 aliphatic rings. The zero-order valence-electron chi connectivity index (χ0n) is 13.0. The average Bonchev–Trinajstić information content (AvgIpc) is 2.84. The summed E-state index contributed by atoms with van der Waals surface area (Å²) in [4.78, 5) is 13.9. The Balaban J connectivity index is 1.99. The molecule has 7 heteroatoms. The van der Waals surface area contributed by atoms with E-state index in [9.17, 15) is 13.2 Å². The van der Waals surface area contributed by atoms with Crippen LogP contribution in [0, 0.1) is 5.92 Å². The first-order valence-corrected chi connectivity index (χ1v) is 8.93. The zero-order chi connectivity index (χ0) is 16.3. The van der Waals surface area contributed by atoms with Crippen LogP contribution in [0.4, 0.5) is 5.69 Å². The van der Waals surface area contributed by atoms with Gasteiger partial charge in [-0.1, -0.05) is 12.1 Å². The Morgan fingerprint density at radius 3 is 2.41 bits per heavy atom. The van der Waals surface area contributed by atoms with Crippen LogP contribution >= 0.6 is 0 Å². The molecule has 1 fully saturated rings. The number of hydrazone groups is 1. The van der Waals surface area contributed by atoms with Crippen LogP contribution < -0.4 is 10.3 Å². The summed E-state index contributed by atoms with van der Waals surface area (Å²) in [5.74, 6) is -0.812. The van der Waals surface area contributed by atoms with Crippen LogP contribution in [0.1, 0.15) is 18.9 Å². The molecule has 1 heterocycles. The minimum atomic E-state index is -3.06. The van der Waals surface area contributed by atoms with E-state index < -0.39 is 15.8 Å². The molecule has 0 bridgehead atoms. The molecule has 0 unspecified atom stereocenters. The lowest BCUT2D eigenvalue weighted by Crippen LogP contribution is -2.28. The minimum Gasteiger partial charge on any atom is -0.378 e. The van der Waals surface area contributed by atoms with Gasteiger partial charge >= 0.3 is 0 Å². The lowest BCUT2D eigenvalue weighted by molar-refractivity contribution is -0.124. The van der Waals surface area contributed by atoms with Gasteiger partial charge in [0.05, 0.1) is 23.1 Å². The van der Waals surface area contributed by atoms with Crippen LogP contribution in [0.3, 0.4) is 0 Å². The van der Waals surface area contributed by atoms with E-state index >= 15 is 0 Å². The molecule has 6 nitrogen and oxygen atoms in total. The van der Waals surface area contributed by atoms with Gasteiger partial charge in [0.25, 0.3) is 0 Å². The molecule has 2 rings (SSSR count). The molecule has 1 saturated heterocycles. The van der Waals surface area contributed by atoms with E-state index in [1.54, 1.807) is 6.92 Å². The van der Waals surface area contributed by atoms with E-state index in [1.807, 2.05) is 43.3 Å². The fraction of sp³-hybridized carbons (Fsp3) is 0.467. The summed E-state index contributed by atoms with van der Waals surface area (Å²) in [6, 6.07) is 7.81. The molecule has 0 spiro atoms. The van der Waals surface area contributed by atoms with E-state index in [0.717, 1.165) is 11.3 Å². The Morgan fingerprint density at radius 2 is 1.91 bits per heavy atom. The smallest absolute Gasteiger partial charge is 0.244 e. The van der Waals surface area contributed by atoms with Crippen molar-refractivity contribution in [2.24, 2.45) is 11.0 Å². The molecule has 0 radical (unpaired) electrons. The molecular weight excluding hydrogens is 302 g/mol. The van der Waals surface area contributed by atoms with Gasteiger partial charge in [0.2, 0.25) is 5.91 Å². The number of anilines is 1. The summed E-state index contributed by atoms with van der Waals surface area (Å²) in [6.45, 7) is 1.80. The number of hydrogen-bond acceptors (Lipinski definition) is 5. The lowest BCUT2D eigenvalue weighted by Gasteiger charge is -2.12. The zero-order valence-corrected chi connectivity index (χ0v) is 13.9. The molecule has 120 valence electrons. The number of carbonyl (C=O) groups is 1. The number of amides is 1. The maximum Gasteiger partial charge on any atom is 0.244 e. The predicted octanol–water partition coefficient (Wildman–Crippen LogP) is 1.03. The first-order valence-electron chi connectivity index (χ1n) is 7.11. The van der Waals surface area contributed by atoms with Crippen molar-refractivity contribution in [3.63, 3.8) is 0 Å². The van der Waals surface area contributed by atoms with Crippen molar-refractivity contribution >= 4 is 27.1 Å². The summed E-state index contributed by atoms with van der Waals surface area (Å²) in [6.07, 6.45) is 0.375. The number of benzene rings is 1. The lowest BCUT2D eigenvalue weighted by atomic mass is 10.1. The van der Waals surface area contributed by atoms with Gasteiger partial charge in [-0.3, -0.25) is 4.79 Å². The highest BCUT2D eigenvalue weighted by atomic mass is 32.2. The molecule has 1 aromatic rings. The van der Waals surface area contributed by atoms with Crippen molar-refractivity contribution in [1.82, 2.24) is 5.43 Å². The second kappa shape index (κ2) is 6.48. The summed E-state index contributed by atoms with van der Waals surface area (Å²) >= 11 is 0. The van der Waals surface area contributed by atoms with Crippen LogP contribution in [-0.4, -0.2) is 45.6 Å². The quantitative estimate of drug-likeness (QED) is 0.663. The highest BCUT2D eigenvalue weighted by molar-refractivity contribution is 7.91. The van der Waals surface area contributed by atoms with Gasteiger partial charge in [0.1, 0.15) is 0 Å². The third kappa shape index (κ3) is 4.07. The Bertz CT molecular complexity index is 678. The summed E-state index contributed by atoms with van der Waals surface area (Å²) in [5, 5.41) is 4.07. The number of hydrogen-bond donors (Lipinski definition) is 1. The highest BCUT2D eigenvalue weighted by Gasteiger charge is 2.32. The summed E-state index contributed by atoms with van der Waals surface area (Å²) in [7, 11) is 0.870. The van der Waals surface area contributed by atoms with Gasteiger partial charge in [-0.15, -0.1) is 0 Å². The van der Waals surface area contributed by atoms with Gasteiger partial charge < -0.3 is 4.90 Å². The molecule has 1 atom stereocenters. The number of nitrogens with zero attached hydrogens (tertiary/aromatic N) is 2. The van der Waals surface area contributed by atoms with E-state index in [4.69, 9.17) is 0 Å². The van der Waals surface area contributed by atoms with Crippen molar-refractivity contribution < 1.29 is 13.2 Å². The fourth-order valence-corrected chi connectivity index (χ4v) is 4.04. The SMILES string of the molecule is C/C(=N/NC(=O)[C@@H]1CCS(=O)(=O)C1)c1ccc(N(C)C)cc1. The number of nitrogens with one attached hydrogen (secondary N) is 1. The molecule has 1 amide bonds. The Morgan fingerprint density at radius 1 is 1.27 bits per heavy atom. The maximum absolute atomic E-state index is 11.9. The van der Waals surface area contributed by atoms with Crippen molar-refractivity contribution in [3.05, 3.63) is 29.8 Å². The standard InChI is InChI=1S/C15H21N3O3S/c1-11(12-4-6-14(7-5-12)18(2)3)16-17-15(19)13-8-9-22(20,21)10-13/h4-7,13H,8-10H2,1-3H3,(H,17,19)/b16-11-/t13-/m1/s1. The fourth-order valence-electron chi connectivity index (χ4n) is 2.30. The molecule has 22 heavy (non-hydrogen) atoms. The molecule has 0 saturated carbocycles. The Kier molecular flexibility index (Phi) is 4.85. The van der Waals surface area contributed by atoms with Gasteiger partial charge in [-0.2, -0.15) is 5.10 Å². The van der Waals surface area contributed by atoms with Gasteiger partial charge in [-0.25, -0.2) is 13.8 Å². The topological polar surface area (TPSA) is 78.8 Å². The van der Waals surface area contributed by atoms with E-state index in [1.165, 1.54) is 0 Å². The molecule has 0 aliphatic carbocycles. The Hall–Kier alpha value is -1.89. The number of rotatable bonds is 4. The summed E-state index contributed by atoms with van der Waals surface area (Å²) in [5.41, 5.74) is 5.14. The van der Waals surface area contributed by atoms with Crippen molar-refractivity contribution in [2.45, 2.75) is 13.3 Å². The molecular formula is C15H21N3O3S. The van der Waals surface area contributed by atoms with Gasteiger partial charge in [0.15, 0.2) is 9.84 Å². The Labute approximate surface area is 131 Å². The minimum absolute atomic E-state index is 0.0784. The van der Waals surface area contributed by atoms with E-state index in [2.05, 4.69) is 10.5 Å². The molecule has 0 aromatic heterocycles. The molecule has 1 aromatic carbocycles. The summed E-state index contributed by atoms with van der Waals surface area (Å²) < 4.78 is 22.7. The van der Waals surface area contributed by atoms with Crippen LogP contribution in [-0.2, 0) is 14.6 Å². The third-order valence-electron chi connectivity index (χ3n) is 3.74. The number of sulfone groups is 1. The third-order valence-corrected chi connectivity index (χ3v) is 5.51. The van der Waals surface area contributed by atoms with Crippen molar-refractivity contribution in [3.8, 4) is 0 Å². The van der Waals surface area contributed by atoms with Gasteiger partial charge in [-0.05, 0) is 31.0 Å². The van der Waals surface area contributed by atoms with Crippen molar-refractivity contribution in [1.29, 1.82) is 0 Å². The first kappa shape index (κ1) is 16.5. The first-order chi connectivity index (χ1) is 10.3. The number of carbonyl (C=O) groups excluding carboxylic acids is 1. The highest BCUT2D eigenvalue weighted by Crippen LogP contribution is 2.18. The molecule has 1 N–H and O–H groups in total. The van der Waals surface area contributed by atoms with Gasteiger partial charge in [0, 0.05) is 19.8 Å². The van der Waals surface area contributed by atoms with Crippen LogP contribution in [0.5, 0.6) is 0 Å². The van der Waals surface area contributed by atoms with Crippen molar-refractivity contribution in [2.75, 3.05) is 30.5 Å². The monoisotopic (exact) mass is 323 g/mol. The second-order valence-corrected chi connectivity index (χ2v) is 7.94. The predicted molar refractivity (Wildman–Crippen MR) is 87.9 cm³/mol. The average molecular weight is 323 g/mol. The second-order valence-electron chi connectivity index (χ2n) is 5.71. The van der Waals surface area contributed by atoms with E-state index in [-0.39, 0.29) is 17.4 Å². The molecule has 1 aliphatic heterocycles.